The molecule has 0 saturated carbocycles. The summed E-state index contributed by atoms with van der Waals surface area (Å²) in [7, 11) is 0. The second-order valence-electron chi connectivity index (χ2n) is 13.6. The van der Waals surface area contributed by atoms with E-state index in [1.54, 1.807) is 16.7 Å². The Morgan fingerprint density at radius 2 is 1.10 bits per heavy atom. The monoisotopic (exact) mass is 538 g/mol. The fourth-order valence-corrected chi connectivity index (χ4v) is 6.02. The molecule has 0 aromatic heterocycles. The highest BCUT2D eigenvalue weighted by molar-refractivity contribution is 5.38. The molecule has 2 rings (SSSR count). The summed E-state index contributed by atoms with van der Waals surface area (Å²) in [5.74, 6) is 0. The molecule has 40 heavy (non-hydrogen) atoms. The highest BCUT2D eigenvalue weighted by atomic mass is 14.3. The molecule has 218 valence electrons. The standard InChI is InChI=1S/C40H58/c1-31(19-13-21-33(3)25-27-37-35(5)23-15-29-39(37,7)8)17-11-12-18-32(2)20-14-22-34(4)26-28-38-36(6)24-16-30-40(38,9)10/h11-13,17-19,21-22,25-28H,14-16,20,23-24,29-30H2,1-10H3/b12-11+,19-13-,27-25+,28-26+,31-17+,32-18+,33-21+,34-22+. The van der Waals surface area contributed by atoms with Crippen LogP contribution in [0.4, 0.5) is 0 Å². The average molecular weight is 539 g/mol. The Bertz CT molecular complexity index is 1170. The Labute approximate surface area is 248 Å². The minimum absolute atomic E-state index is 0.295. The topological polar surface area (TPSA) is 0 Å². The molecule has 0 bridgehead atoms. The lowest BCUT2D eigenvalue weighted by Crippen LogP contribution is -2.19. The van der Waals surface area contributed by atoms with Gasteiger partial charge < -0.3 is 0 Å². The summed E-state index contributed by atoms with van der Waals surface area (Å²) in [5, 5.41) is 0. The van der Waals surface area contributed by atoms with E-state index in [-0.39, 0.29) is 0 Å². The molecule has 0 aliphatic heterocycles. The molecule has 0 heterocycles. The third-order valence-electron chi connectivity index (χ3n) is 8.68. The van der Waals surface area contributed by atoms with Crippen LogP contribution >= 0.6 is 0 Å². The van der Waals surface area contributed by atoms with Crippen LogP contribution in [0.1, 0.15) is 121 Å². The number of hydrogen-bond acceptors (Lipinski definition) is 0. The SMILES string of the molecule is CC1=C(/C=C/C(C)=C/C=C\C(C)=C\C=C\C=C(/C)CC/C=C(C)/C=C/C2=C(C)CCCC2(C)C)C(C)(C)CCC1. The molecule has 0 aromatic carbocycles. The largest absolute Gasteiger partial charge is 0.0813 e. The van der Waals surface area contributed by atoms with Crippen molar-refractivity contribution in [2.24, 2.45) is 10.8 Å². The number of allylic oxidation sites excluding steroid dienone is 20. The molecular formula is C40H58. The zero-order valence-electron chi connectivity index (χ0n) is 27.6. The molecule has 2 aliphatic rings. The lowest BCUT2D eigenvalue weighted by Gasteiger charge is -2.33. The van der Waals surface area contributed by atoms with E-state index in [4.69, 9.17) is 0 Å². The molecule has 0 unspecified atom stereocenters. The van der Waals surface area contributed by atoms with Crippen LogP contribution in [0, 0.1) is 10.8 Å². The van der Waals surface area contributed by atoms with Crippen molar-refractivity contribution in [3.05, 3.63) is 117 Å². The summed E-state index contributed by atoms with van der Waals surface area (Å²) in [4.78, 5) is 0. The Morgan fingerprint density at radius 1 is 0.625 bits per heavy atom. The van der Waals surface area contributed by atoms with Crippen molar-refractivity contribution in [3.63, 3.8) is 0 Å². The lowest BCUT2D eigenvalue weighted by atomic mass is 9.72. The van der Waals surface area contributed by atoms with Crippen molar-refractivity contribution in [1.82, 2.24) is 0 Å². The van der Waals surface area contributed by atoms with Crippen LogP contribution in [0.5, 0.6) is 0 Å². The molecule has 0 saturated heterocycles. The minimum atomic E-state index is 0.295. The maximum absolute atomic E-state index is 2.39. The third kappa shape index (κ3) is 11.5. The second-order valence-corrected chi connectivity index (χ2v) is 13.6. The van der Waals surface area contributed by atoms with E-state index in [0.717, 1.165) is 12.8 Å². The second kappa shape index (κ2) is 16.0. The summed E-state index contributed by atoms with van der Waals surface area (Å²) in [6.07, 6.45) is 36.8. The number of hydrogen-bond donors (Lipinski definition) is 0. The zero-order valence-corrected chi connectivity index (χ0v) is 27.6. The molecule has 0 spiro atoms. The molecule has 0 heteroatoms. The van der Waals surface area contributed by atoms with Gasteiger partial charge in [0.25, 0.3) is 0 Å². The first-order valence-corrected chi connectivity index (χ1v) is 15.6. The van der Waals surface area contributed by atoms with Crippen LogP contribution in [-0.4, -0.2) is 0 Å². The van der Waals surface area contributed by atoms with Crippen LogP contribution in [0.2, 0.25) is 0 Å². The zero-order chi connectivity index (χ0) is 29.8. The summed E-state index contributed by atoms with van der Waals surface area (Å²) in [5.41, 5.74) is 12.1. The Balaban J connectivity index is 1.83. The summed E-state index contributed by atoms with van der Waals surface area (Å²) < 4.78 is 0. The van der Waals surface area contributed by atoms with E-state index < -0.39 is 0 Å². The van der Waals surface area contributed by atoms with Gasteiger partial charge >= 0.3 is 0 Å². The number of rotatable bonds is 11. The molecule has 0 nitrogen and oxygen atoms in total. The lowest BCUT2D eigenvalue weighted by molar-refractivity contribution is 0.376. The van der Waals surface area contributed by atoms with E-state index >= 15 is 0 Å². The molecule has 0 fully saturated rings. The molecule has 0 atom stereocenters. The molecule has 0 N–H and O–H groups in total. The van der Waals surface area contributed by atoms with Gasteiger partial charge in [-0.15, -0.1) is 0 Å². The van der Waals surface area contributed by atoms with Gasteiger partial charge in [-0.25, -0.2) is 0 Å². The quantitative estimate of drug-likeness (QED) is 0.229. The van der Waals surface area contributed by atoms with E-state index in [1.165, 1.54) is 66.4 Å². The van der Waals surface area contributed by atoms with Gasteiger partial charge in [-0.3, -0.25) is 0 Å². The fourth-order valence-electron chi connectivity index (χ4n) is 6.02. The van der Waals surface area contributed by atoms with Crippen LogP contribution in [0.15, 0.2) is 117 Å². The van der Waals surface area contributed by atoms with Gasteiger partial charge in [-0.2, -0.15) is 0 Å². The van der Waals surface area contributed by atoms with E-state index in [1.807, 2.05) is 0 Å². The van der Waals surface area contributed by atoms with Crippen molar-refractivity contribution in [3.8, 4) is 0 Å². The molecule has 0 aromatic rings. The Hall–Kier alpha value is -2.60. The van der Waals surface area contributed by atoms with Crippen molar-refractivity contribution in [2.45, 2.75) is 121 Å². The Kier molecular flexibility index (Phi) is 13.4. The van der Waals surface area contributed by atoms with Crippen molar-refractivity contribution < 1.29 is 0 Å². The summed E-state index contributed by atoms with van der Waals surface area (Å²) in [6, 6.07) is 0. The first-order valence-electron chi connectivity index (χ1n) is 15.6. The van der Waals surface area contributed by atoms with E-state index in [2.05, 4.69) is 142 Å². The van der Waals surface area contributed by atoms with E-state index in [0.29, 0.717) is 10.8 Å². The Morgan fingerprint density at radius 3 is 1.65 bits per heavy atom. The highest BCUT2D eigenvalue weighted by Crippen LogP contribution is 2.41. The van der Waals surface area contributed by atoms with Crippen molar-refractivity contribution in [1.29, 1.82) is 0 Å². The van der Waals surface area contributed by atoms with Crippen LogP contribution in [0.3, 0.4) is 0 Å². The predicted molar refractivity (Wildman–Crippen MR) is 181 cm³/mol. The highest BCUT2D eigenvalue weighted by Gasteiger charge is 2.27. The normalized spacial score (nSPS) is 21.8. The molecular weight excluding hydrogens is 480 g/mol. The maximum atomic E-state index is 2.39. The molecule has 2 aliphatic carbocycles. The maximum Gasteiger partial charge on any atom is -0.0104 e. The van der Waals surface area contributed by atoms with Gasteiger partial charge in [-0.1, -0.05) is 134 Å². The van der Waals surface area contributed by atoms with Gasteiger partial charge in [0.2, 0.25) is 0 Å². The summed E-state index contributed by atoms with van der Waals surface area (Å²) in [6.45, 7) is 22.9. The average Bonchev–Trinajstić information content (AvgIpc) is 2.85. The third-order valence-corrected chi connectivity index (χ3v) is 8.68. The van der Waals surface area contributed by atoms with Gasteiger partial charge in [0, 0.05) is 0 Å². The van der Waals surface area contributed by atoms with E-state index in [9.17, 15) is 0 Å². The van der Waals surface area contributed by atoms with Gasteiger partial charge in [0.1, 0.15) is 0 Å². The van der Waals surface area contributed by atoms with Gasteiger partial charge in [0.15, 0.2) is 0 Å². The van der Waals surface area contributed by atoms with Crippen molar-refractivity contribution in [2.75, 3.05) is 0 Å². The molecule has 0 amide bonds. The molecule has 0 radical (unpaired) electrons. The van der Waals surface area contributed by atoms with Crippen LogP contribution in [0.25, 0.3) is 0 Å². The van der Waals surface area contributed by atoms with Crippen LogP contribution < -0.4 is 0 Å². The van der Waals surface area contributed by atoms with Gasteiger partial charge in [0.05, 0.1) is 0 Å². The van der Waals surface area contributed by atoms with Crippen LogP contribution in [-0.2, 0) is 0 Å². The van der Waals surface area contributed by atoms with Crippen molar-refractivity contribution >= 4 is 0 Å². The van der Waals surface area contributed by atoms with Gasteiger partial charge in [-0.05, 0) is 115 Å². The first kappa shape index (κ1) is 33.6. The smallest absolute Gasteiger partial charge is 0.0104 e. The predicted octanol–water partition coefficient (Wildman–Crippen LogP) is 12.8. The fraction of sp³-hybridized carbons (Fsp3) is 0.500. The first-order chi connectivity index (χ1) is 18.8. The summed E-state index contributed by atoms with van der Waals surface area (Å²) >= 11 is 0. The minimum Gasteiger partial charge on any atom is -0.0813 e.